The Labute approximate surface area is 218 Å². The van der Waals surface area contributed by atoms with Gasteiger partial charge in [-0.05, 0) is 38.0 Å². The van der Waals surface area contributed by atoms with Gasteiger partial charge < -0.3 is 14.9 Å². The summed E-state index contributed by atoms with van der Waals surface area (Å²) in [5, 5.41) is 22.0. The topological polar surface area (TPSA) is 87.1 Å². The van der Waals surface area contributed by atoms with Gasteiger partial charge in [0.15, 0.2) is 22.8 Å². The van der Waals surface area contributed by atoms with E-state index in [9.17, 15) is 19.8 Å². The van der Waals surface area contributed by atoms with Crippen molar-refractivity contribution in [1.82, 2.24) is 0 Å². The summed E-state index contributed by atoms with van der Waals surface area (Å²) in [4.78, 5) is 26.3. The molecule has 0 aromatic heterocycles. The van der Waals surface area contributed by atoms with Crippen LogP contribution in [-0.2, 0) is 4.74 Å². The number of hydrogen-bond donors (Lipinski definition) is 2. The highest BCUT2D eigenvalue weighted by Crippen LogP contribution is 2.58. The zero-order valence-corrected chi connectivity index (χ0v) is 23.3. The van der Waals surface area contributed by atoms with E-state index in [2.05, 4.69) is 27.7 Å². The van der Waals surface area contributed by atoms with E-state index in [-0.39, 0.29) is 18.0 Å². The van der Waals surface area contributed by atoms with Crippen molar-refractivity contribution in [2.24, 2.45) is 17.8 Å². The Kier molecular flexibility index (Phi) is 9.22. The number of Topliss-reactive ketones (excluding diaryl/α,β-unsaturated/α-hetero) is 2. The quantitative estimate of drug-likeness (QED) is 0.267. The molecule has 0 amide bonds. The van der Waals surface area contributed by atoms with Crippen LogP contribution in [-0.4, -0.2) is 44.7 Å². The van der Waals surface area contributed by atoms with Crippen LogP contribution in [0.5, 0.6) is 0 Å². The Morgan fingerprint density at radius 2 is 1.36 bits per heavy atom. The molecule has 5 nitrogen and oxygen atoms in total. The summed E-state index contributed by atoms with van der Waals surface area (Å²) >= 11 is 0. The fourth-order valence-electron chi connectivity index (χ4n) is 5.94. The molecule has 1 aliphatic heterocycles. The first-order valence-corrected chi connectivity index (χ1v) is 14.1. The summed E-state index contributed by atoms with van der Waals surface area (Å²) in [6.45, 7) is 12.4. The highest BCUT2D eigenvalue weighted by atomic mass is 16.6. The van der Waals surface area contributed by atoms with Gasteiger partial charge >= 0.3 is 0 Å². The van der Waals surface area contributed by atoms with E-state index in [0.29, 0.717) is 23.5 Å². The first kappa shape index (κ1) is 29.0. The Bertz CT molecular complexity index is 921. The second kappa shape index (κ2) is 11.4. The molecule has 0 saturated carbocycles. The van der Waals surface area contributed by atoms with E-state index in [1.165, 1.54) is 38.5 Å². The number of carbonyl (C=O) groups is 2. The van der Waals surface area contributed by atoms with Crippen LogP contribution in [0.3, 0.4) is 0 Å². The number of carbonyl (C=O) groups excluding carboxylic acids is 2. The normalized spacial score (nSPS) is 27.2. The van der Waals surface area contributed by atoms with Gasteiger partial charge in [-0.3, -0.25) is 9.59 Å². The van der Waals surface area contributed by atoms with Crippen molar-refractivity contribution >= 4 is 11.6 Å². The molecule has 3 rings (SSSR count). The summed E-state index contributed by atoms with van der Waals surface area (Å²) in [5.74, 6) is 1.64. The number of ketones is 2. The van der Waals surface area contributed by atoms with Gasteiger partial charge in [0.05, 0.1) is 11.7 Å². The summed E-state index contributed by atoms with van der Waals surface area (Å²) in [5.41, 5.74) is -3.30. The Morgan fingerprint density at radius 3 is 1.92 bits per heavy atom. The number of ether oxygens (including phenoxy) is 1. The molecular weight excluding hydrogens is 452 g/mol. The molecule has 202 valence electrons. The Hall–Kier alpha value is -1.56. The summed E-state index contributed by atoms with van der Waals surface area (Å²) in [6.07, 6.45) is 8.64. The van der Waals surface area contributed by atoms with Gasteiger partial charge in [-0.15, -0.1) is 0 Å². The molecule has 1 aliphatic carbocycles. The minimum Gasteiger partial charge on any atom is -0.390 e. The number of epoxide rings is 1. The lowest BCUT2D eigenvalue weighted by Crippen LogP contribution is -2.49. The molecule has 1 heterocycles. The molecule has 1 fully saturated rings. The van der Waals surface area contributed by atoms with E-state index < -0.39 is 22.9 Å². The van der Waals surface area contributed by atoms with Gasteiger partial charge in [-0.1, -0.05) is 103 Å². The maximum atomic E-state index is 13.3. The largest absolute Gasteiger partial charge is 0.390 e. The van der Waals surface area contributed by atoms with Crippen LogP contribution in [0.15, 0.2) is 24.3 Å². The van der Waals surface area contributed by atoms with E-state index in [1.54, 1.807) is 38.1 Å². The lowest BCUT2D eigenvalue weighted by Gasteiger charge is -2.32. The number of hydrogen-bond acceptors (Lipinski definition) is 5. The molecular formula is C31H48O5. The predicted molar refractivity (Wildman–Crippen MR) is 143 cm³/mol. The van der Waals surface area contributed by atoms with Gasteiger partial charge in [0.25, 0.3) is 0 Å². The average molecular weight is 501 g/mol. The lowest BCUT2D eigenvalue weighted by molar-refractivity contribution is -0.0780. The number of aliphatic hydroxyl groups excluding tert-OH is 1. The maximum Gasteiger partial charge on any atom is 0.199 e. The SMILES string of the molecule is CC(C)CCCC(C)CCCC(C)CCCC(C)(O)C(O)CC12OC1(C)C(=O)c1ccccc1C2=O. The van der Waals surface area contributed by atoms with E-state index >= 15 is 0 Å². The molecule has 36 heavy (non-hydrogen) atoms. The highest BCUT2D eigenvalue weighted by molar-refractivity contribution is 6.24. The van der Waals surface area contributed by atoms with Crippen molar-refractivity contribution in [2.75, 3.05) is 0 Å². The molecule has 1 aromatic carbocycles. The van der Waals surface area contributed by atoms with Crippen LogP contribution in [0.1, 0.15) is 126 Å². The zero-order chi connectivity index (χ0) is 26.7. The molecule has 0 radical (unpaired) electrons. The van der Waals surface area contributed by atoms with Crippen molar-refractivity contribution in [3.63, 3.8) is 0 Å². The first-order valence-electron chi connectivity index (χ1n) is 14.1. The van der Waals surface area contributed by atoms with Crippen molar-refractivity contribution in [3.8, 4) is 0 Å². The molecule has 0 spiro atoms. The highest BCUT2D eigenvalue weighted by Gasteiger charge is 2.78. The average Bonchev–Trinajstić information content (AvgIpc) is 3.44. The van der Waals surface area contributed by atoms with E-state index in [1.807, 2.05) is 0 Å². The zero-order valence-electron chi connectivity index (χ0n) is 23.3. The smallest absolute Gasteiger partial charge is 0.199 e. The van der Waals surface area contributed by atoms with Crippen LogP contribution >= 0.6 is 0 Å². The van der Waals surface area contributed by atoms with Crippen LogP contribution in [0.25, 0.3) is 0 Å². The van der Waals surface area contributed by atoms with Crippen molar-refractivity contribution < 1.29 is 24.5 Å². The molecule has 2 aliphatic rings. The predicted octanol–water partition coefficient (Wildman–Crippen LogP) is 6.53. The van der Waals surface area contributed by atoms with Gasteiger partial charge in [-0.25, -0.2) is 0 Å². The third-order valence-electron chi connectivity index (χ3n) is 8.77. The monoisotopic (exact) mass is 500 g/mol. The van der Waals surface area contributed by atoms with Gasteiger partial charge in [0.2, 0.25) is 0 Å². The van der Waals surface area contributed by atoms with Crippen molar-refractivity contribution in [1.29, 1.82) is 0 Å². The fourth-order valence-corrected chi connectivity index (χ4v) is 5.94. The second-order valence-electron chi connectivity index (χ2n) is 12.6. The van der Waals surface area contributed by atoms with Crippen LogP contribution in [0.2, 0.25) is 0 Å². The first-order chi connectivity index (χ1) is 16.8. The standard InChI is InChI=1S/C31H48O5/c1-21(2)12-9-13-22(3)14-10-15-23(4)16-11-19-29(5,35)26(32)20-31-28(34)25-18-8-7-17-24(25)27(33)30(31,6)36-31/h7-8,17-18,21-23,26,32,35H,9-16,19-20H2,1-6H3. The third kappa shape index (κ3) is 6.11. The van der Waals surface area contributed by atoms with Gasteiger partial charge in [0, 0.05) is 17.5 Å². The summed E-state index contributed by atoms with van der Waals surface area (Å²) in [6, 6.07) is 6.74. The Balaban J connectivity index is 1.44. The molecule has 6 atom stereocenters. The summed E-state index contributed by atoms with van der Waals surface area (Å²) < 4.78 is 5.80. The number of fused-ring (bicyclic) bond motifs is 2. The van der Waals surface area contributed by atoms with Crippen molar-refractivity contribution in [3.05, 3.63) is 35.4 Å². The second-order valence-corrected chi connectivity index (χ2v) is 12.6. The molecule has 1 aromatic rings. The fraction of sp³-hybridized carbons (Fsp3) is 0.742. The lowest BCUT2D eigenvalue weighted by atomic mass is 9.71. The third-order valence-corrected chi connectivity index (χ3v) is 8.77. The van der Waals surface area contributed by atoms with Crippen LogP contribution < -0.4 is 0 Å². The van der Waals surface area contributed by atoms with Crippen LogP contribution in [0.4, 0.5) is 0 Å². The molecule has 5 heteroatoms. The molecule has 6 unspecified atom stereocenters. The molecule has 2 N–H and O–H groups in total. The maximum absolute atomic E-state index is 13.3. The number of rotatable bonds is 15. The number of aliphatic hydroxyl groups is 2. The molecule has 0 bridgehead atoms. The van der Waals surface area contributed by atoms with Gasteiger partial charge in [-0.2, -0.15) is 0 Å². The molecule has 1 saturated heterocycles. The number of benzene rings is 1. The van der Waals surface area contributed by atoms with Crippen LogP contribution in [0, 0.1) is 17.8 Å². The Morgan fingerprint density at radius 1 is 0.861 bits per heavy atom. The minimum atomic E-state index is -1.39. The van der Waals surface area contributed by atoms with E-state index in [4.69, 9.17) is 4.74 Å². The van der Waals surface area contributed by atoms with E-state index in [0.717, 1.165) is 24.7 Å². The van der Waals surface area contributed by atoms with Crippen molar-refractivity contribution in [2.45, 2.75) is 129 Å². The van der Waals surface area contributed by atoms with Gasteiger partial charge in [0.1, 0.15) is 0 Å². The summed E-state index contributed by atoms with van der Waals surface area (Å²) in [7, 11) is 0. The minimum absolute atomic E-state index is 0.0837.